The molecule has 1 atom stereocenters. The number of aromatic nitrogens is 3. The molecule has 21 heavy (non-hydrogen) atoms. The summed E-state index contributed by atoms with van der Waals surface area (Å²) in [5, 5.41) is 15.8. The molecule has 1 aliphatic rings. The van der Waals surface area contributed by atoms with Crippen molar-refractivity contribution in [1.29, 1.82) is 0 Å². The van der Waals surface area contributed by atoms with Gasteiger partial charge in [0.1, 0.15) is 5.01 Å². The van der Waals surface area contributed by atoms with Gasteiger partial charge in [-0.05, 0) is 33.1 Å². The summed E-state index contributed by atoms with van der Waals surface area (Å²) >= 11 is 3.14. The molecule has 0 spiro atoms. The van der Waals surface area contributed by atoms with E-state index in [9.17, 15) is 4.79 Å². The highest BCUT2D eigenvalue weighted by atomic mass is 32.1. The fourth-order valence-corrected chi connectivity index (χ4v) is 4.18. The normalized spacial score (nSPS) is 17.3. The number of hydrogen-bond acceptors (Lipinski definition) is 6. The van der Waals surface area contributed by atoms with Gasteiger partial charge in [0.2, 0.25) is 5.13 Å². The van der Waals surface area contributed by atoms with E-state index in [1.165, 1.54) is 21.9 Å². The molecular formula is C13H17N5OS2. The largest absolute Gasteiger partial charge is 0.337 e. The number of aryl methyl sites for hydroxylation is 3. The molecule has 0 aliphatic heterocycles. The first-order valence-corrected chi connectivity index (χ1v) is 8.56. The van der Waals surface area contributed by atoms with Crippen molar-refractivity contribution in [2.45, 2.75) is 39.0 Å². The number of nitrogens with zero attached hydrogens (tertiary/aromatic N) is 3. The van der Waals surface area contributed by atoms with Crippen LogP contribution in [0, 0.1) is 13.8 Å². The van der Waals surface area contributed by atoms with E-state index >= 15 is 0 Å². The van der Waals surface area contributed by atoms with E-state index in [2.05, 4.69) is 25.8 Å². The first-order valence-electron chi connectivity index (χ1n) is 6.93. The topological polar surface area (TPSA) is 79.8 Å². The second-order valence-corrected chi connectivity index (χ2v) is 7.56. The Kier molecular flexibility index (Phi) is 4.16. The molecule has 0 radical (unpaired) electrons. The summed E-state index contributed by atoms with van der Waals surface area (Å²) in [6.07, 6.45) is 3.36. The van der Waals surface area contributed by atoms with Gasteiger partial charge in [-0.15, -0.1) is 21.5 Å². The molecular weight excluding hydrogens is 306 g/mol. The SMILES string of the molecule is Cc1nnc(NC(=O)NCC2CCCc3sc(C)nc32)s1. The number of fused-ring (bicyclic) bond motifs is 1. The van der Waals surface area contributed by atoms with Gasteiger partial charge in [0.25, 0.3) is 0 Å². The molecule has 6 nitrogen and oxygen atoms in total. The molecule has 0 aromatic carbocycles. The van der Waals surface area contributed by atoms with Gasteiger partial charge in [0.05, 0.1) is 10.7 Å². The van der Waals surface area contributed by atoms with Gasteiger partial charge >= 0.3 is 6.03 Å². The third-order valence-corrected chi connectivity index (χ3v) is 5.23. The van der Waals surface area contributed by atoms with Gasteiger partial charge in [-0.2, -0.15) is 0 Å². The Morgan fingerprint density at radius 3 is 2.90 bits per heavy atom. The van der Waals surface area contributed by atoms with E-state index < -0.39 is 0 Å². The maximum absolute atomic E-state index is 11.9. The molecule has 2 aromatic rings. The van der Waals surface area contributed by atoms with Crippen LogP contribution in [0.25, 0.3) is 0 Å². The number of carbonyl (C=O) groups excluding carboxylic acids is 1. The number of nitrogens with one attached hydrogen (secondary N) is 2. The van der Waals surface area contributed by atoms with Crippen LogP contribution < -0.4 is 10.6 Å². The summed E-state index contributed by atoms with van der Waals surface area (Å²) in [4.78, 5) is 17.9. The number of anilines is 1. The Morgan fingerprint density at radius 2 is 2.14 bits per heavy atom. The Labute approximate surface area is 131 Å². The quantitative estimate of drug-likeness (QED) is 0.910. The van der Waals surface area contributed by atoms with E-state index in [4.69, 9.17) is 0 Å². The smallest absolute Gasteiger partial charge is 0.321 e. The third kappa shape index (κ3) is 3.38. The summed E-state index contributed by atoms with van der Waals surface area (Å²) in [5.41, 5.74) is 1.18. The van der Waals surface area contributed by atoms with Gasteiger partial charge in [0.15, 0.2) is 0 Å². The van der Waals surface area contributed by atoms with Crippen LogP contribution in [-0.2, 0) is 6.42 Å². The molecule has 1 unspecified atom stereocenters. The zero-order chi connectivity index (χ0) is 14.8. The van der Waals surface area contributed by atoms with Crippen LogP contribution in [0.15, 0.2) is 0 Å². The van der Waals surface area contributed by atoms with Crippen LogP contribution in [-0.4, -0.2) is 27.8 Å². The van der Waals surface area contributed by atoms with Gasteiger partial charge in [-0.25, -0.2) is 9.78 Å². The Morgan fingerprint density at radius 1 is 1.29 bits per heavy atom. The third-order valence-electron chi connectivity index (χ3n) is 3.43. The Bertz CT molecular complexity index is 651. The summed E-state index contributed by atoms with van der Waals surface area (Å²) in [5.74, 6) is 0.320. The maximum Gasteiger partial charge on any atom is 0.321 e. The summed E-state index contributed by atoms with van der Waals surface area (Å²) < 4.78 is 0. The lowest BCUT2D eigenvalue weighted by atomic mass is 9.91. The predicted octanol–water partition coefficient (Wildman–Crippen LogP) is 2.85. The summed E-state index contributed by atoms with van der Waals surface area (Å²) in [7, 11) is 0. The number of hydrogen-bond donors (Lipinski definition) is 2. The zero-order valence-corrected chi connectivity index (χ0v) is 13.6. The maximum atomic E-state index is 11.9. The number of rotatable bonds is 3. The van der Waals surface area contributed by atoms with E-state index in [1.54, 1.807) is 11.3 Å². The number of amides is 2. The van der Waals surface area contributed by atoms with Crippen molar-refractivity contribution in [3.05, 3.63) is 20.6 Å². The van der Waals surface area contributed by atoms with Crippen molar-refractivity contribution in [2.75, 3.05) is 11.9 Å². The lowest BCUT2D eigenvalue weighted by Crippen LogP contribution is -2.33. The average Bonchev–Trinajstić information content (AvgIpc) is 3.01. The van der Waals surface area contributed by atoms with E-state index in [-0.39, 0.29) is 6.03 Å². The highest BCUT2D eigenvalue weighted by Crippen LogP contribution is 2.34. The summed E-state index contributed by atoms with van der Waals surface area (Å²) in [6.45, 7) is 4.51. The standard InChI is InChI=1S/C13H17N5OS2/c1-7-15-11-9(4-3-5-10(11)20-7)6-14-12(19)16-13-18-17-8(2)21-13/h9H,3-6H2,1-2H3,(H2,14,16,18,19). The Balaban J connectivity index is 1.57. The molecule has 0 bridgehead atoms. The molecule has 112 valence electrons. The predicted molar refractivity (Wildman–Crippen MR) is 84.2 cm³/mol. The van der Waals surface area contributed by atoms with Crippen LogP contribution in [0.4, 0.5) is 9.93 Å². The number of carbonyl (C=O) groups is 1. The minimum Gasteiger partial charge on any atom is -0.337 e. The highest BCUT2D eigenvalue weighted by molar-refractivity contribution is 7.15. The van der Waals surface area contributed by atoms with Crippen molar-refractivity contribution in [3.8, 4) is 0 Å². The van der Waals surface area contributed by atoms with Gasteiger partial charge < -0.3 is 5.32 Å². The second-order valence-electron chi connectivity index (χ2n) is 5.09. The van der Waals surface area contributed by atoms with E-state index in [0.29, 0.717) is 17.6 Å². The summed E-state index contributed by atoms with van der Waals surface area (Å²) in [6, 6.07) is -0.231. The van der Waals surface area contributed by atoms with Gasteiger partial charge in [-0.3, -0.25) is 5.32 Å². The zero-order valence-electron chi connectivity index (χ0n) is 12.0. The van der Waals surface area contributed by atoms with Crippen molar-refractivity contribution < 1.29 is 4.79 Å². The van der Waals surface area contributed by atoms with E-state index in [1.807, 2.05) is 13.8 Å². The lowest BCUT2D eigenvalue weighted by molar-refractivity contribution is 0.251. The molecule has 2 aromatic heterocycles. The molecule has 0 saturated carbocycles. The number of urea groups is 1. The van der Waals surface area contributed by atoms with Crippen molar-refractivity contribution in [1.82, 2.24) is 20.5 Å². The molecule has 0 saturated heterocycles. The van der Waals surface area contributed by atoms with Gasteiger partial charge in [0, 0.05) is 17.3 Å². The second kappa shape index (κ2) is 6.07. The van der Waals surface area contributed by atoms with Crippen molar-refractivity contribution in [3.63, 3.8) is 0 Å². The average molecular weight is 323 g/mol. The molecule has 3 rings (SSSR count). The minimum atomic E-state index is -0.231. The first kappa shape index (κ1) is 14.4. The number of thiazole rings is 1. The van der Waals surface area contributed by atoms with Crippen LogP contribution in [0.1, 0.15) is 39.3 Å². The molecule has 2 heterocycles. The molecule has 2 amide bonds. The fourth-order valence-electron chi connectivity index (χ4n) is 2.53. The van der Waals surface area contributed by atoms with Crippen molar-refractivity contribution >= 4 is 33.8 Å². The molecule has 2 N–H and O–H groups in total. The van der Waals surface area contributed by atoms with E-state index in [0.717, 1.165) is 29.3 Å². The first-order chi connectivity index (χ1) is 10.1. The van der Waals surface area contributed by atoms with Crippen LogP contribution in [0.5, 0.6) is 0 Å². The lowest BCUT2D eigenvalue weighted by Gasteiger charge is -2.21. The van der Waals surface area contributed by atoms with Crippen LogP contribution >= 0.6 is 22.7 Å². The van der Waals surface area contributed by atoms with Crippen molar-refractivity contribution in [2.24, 2.45) is 0 Å². The molecule has 1 aliphatic carbocycles. The monoisotopic (exact) mass is 323 g/mol. The van der Waals surface area contributed by atoms with Crippen LogP contribution in [0.3, 0.4) is 0 Å². The molecule has 8 heteroatoms. The minimum absolute atomic E-state index is 0.231. The molecule has 0 fully saturated rings. The fraction of sp³-hybridized carbons (Fsp3) is 0.538. The van der Waals surface area contributed by atoms with Gasteiger partial charge in [-0.1, -0.05) is 11.3 Å². The highest BCUT2D eigenvalue weighted by Gasteiger charge is 2.24. The Hall–Kier alpha value is -1.54. The van der Waals surface area contributed by atoms with Crippen LogP contribution in [0.2, 0.25) is 0 Å².